The number of nitrogens with two attached hydrogens (primary N) is 1. The first-order valence-electron chi connectivity index (χ1n) is 7.74. The van der Waals surface area contributed by atoms with E-state index >= 15 is 0 Å². The quantitative estimate of drug-likeness (QED) is 0.456. The van der Waals surface area contributed by atoms with Gasteiger partial charge in [0, 0.05) is 11.3 Å². The molecule has 0 aliphatic heterocycles. The van der Waals surface area contributed by atoms with E-state index in [-0.39, 0.29) is 17.6 Å². The second-order valence-corrected chi connectivity index (χ2v) is 7.38. The number of hydrogen-bond donors (Lipinski definition) is 3. The Bertz CT molecular complexity index is 1040. The van der Waals surface area contributed by atoms with Crippen LogP contribution in [0, 0.1) is 0 Å². The number of rotatable bonds is 5. The van der Waals surface area contributed by atoms with E-state index in [1.807, 2.05) is 42.5 Å². The smallest absolute Gasteiger partial charge is 0.234 e. The summed E-state index contributed by atoms with van der Waals surface area (Å²) in [6.45, 7) is 0. The van der Waals surface area contributed by atoms with E-state index in [4.69, 9.17) is 5.73 Å². The fraction of sp³-hybridized carbons (Fsp3) is 0.0588. The van der Waals surface area contributed by atoms with Crippen molar-refractivity contribution in [3.63, 3.8) is 0 Å². The molecular weight excluding hydrogens is 368 g/mol. The van der Waals surface area contributed by atoms with Gasteiger partial charge in [0.1, 0.15) is 5.01 Å². The van der Waals surface area contributed by atoms with Crippen molar-refractivity contribution in [3.8, 4) is 10.6 Å². The number of H-pyrrole nitrogens is 1. The number of amides is 1. The number of thiazole rings is 1. The fourth-order valence-corrected chi connectivity index (χ4v) is 3.94. The van der Waals surface area contributed by atoms with Gasteiger partial charge in [-0.3, -0.25) is 4.79 Å². The number of anilines is 2. The minimum absolute atomic E-state index is 0.139. The second kappa shape index (κ2) is 7.14. The van der Waals surface area contributed by atoms with Crippen LogP contribution < -0.4 is 11.1 Å². The summed E-state index contributed by atoms with van der Waals surface area (Å²) < 4.78 is 1.14. The lowest BCUT2D eigenvalue weighted by Gasteiger charge is -2.05. The van der Waals surface area contributed by atoms with E-state index in [2.05, 4.69) is 31.5 Å². The van der Waals surface area contributed by atoms with Crippen LogP contribution in [-0.4, -0.2) is 31.8 Å². The average Bonchev–Trinajstić information content (AvgIpc) is 3.26. The molecule has 4 rings (SSSR count). The van der Waals surface area contributed by atoms with Crippen LogP contribution in [0.2, 0.25) is 0 Å². The van der Waals surface area contributed by atoms with Crippen molar-refractivity contribution in [2.45, 2.75) is 5.16 Å². The Morgan fingerprint density at radius 1 is 1.19 bits per heavy atom. The zero-order valence-electron chi connectivity index (χ0n) is 13.5. The number of hydrogen-bond acceptors (Lipinski definition) is 7. The number of para-hydroxylation sites is 1. The third-order valence-electron chi connectivity index (χ3n) is 3.50. The van der Waals surface area contributed by atoms with E-state index < -0.39 is 0 Å². The molecule has 0 saturated carbocycles. The summed E-state index contributed by atoms with van der Waals surface area (Å²) in [5.74, 6) is 0.291. The van der Waals surface area contributed by atoms with Gasteiger partial charge in [-0.25, -0.2) is 10.1 Å². The molecule has 0 fully saturated rings. The van der Waals surface area contributed by atoms with Gasteiger partial charge in [-0.2, -0.15) is 4.98 Å². The molecule has 2 aromatic carbocycles. The molecule has 2 heterocycles. The highest BCUT2D eigenvalue weighted by Gasteiger charge is 2.09. The molecule has 4 aromatic rings. The number of thioether (sulfide) groups is 1. The minimum Gasteiger partial charge on any atom is -0.368 e. The van der Waals surface area contributed by atoms with Crippen LogP contribution in [0.5, 0.6) is 0 Å². The van der Waals surface area contributed by atoms with Crippen molar-refractivity contribution in [1.29, 1.82) is 0 Å². The first-order valence-corrected chi connectivity index (χ1v) is 9.54. The Labute approximate surface area is 157 Å². The number of carbonyl (C=O) groups excluding carboxylic acids is 1. The van der Waals surface area contributed by atoms with Gasteiger partial charge in [-0.1, -0.05) is 36.0 Å². The van der Waals surface area contributed by atoms with Crippen molar-refractivity contribution in [3.05, 3.63) is 48.5 Å². The third kappa shape index (κ3) is 3.68. The van der Waals surface area contributed by atoms with Crippen LogP contribution in [0.15, 0.2) is 53.7 Å². The maximum atomic E-state index is 12.1. The molecule has 7 nitrogen and oxygen atoms in total. The highest BCUT2D eigenvalue weighted by atomic mass is 32.2. The normalized spacial score (nSPS) is 10.9. The Morgan fingerprint density at radius 2 is 2.08 bits per heavy atom. The highest BCUT2D eigenvalue weighted by molar-refractivity contribution is 7.99. The third-order valence-corrected chi connectivity index (χ3v) is 5.43. The summed E-state index contributed by atoms with van der Waals surface area (Å²) in [7, 11) is 0. The summed E-state index contributed by atoms with van der Waals surface area (Å²) in [5.41, 5.74) is 8.13. The largest absolute Gasteiger partial charge is 0.368 e. The van der Waals surface area contributed by atoms with Crippen molar-refractivity contribution < 1.29 is 4.79 Å². The summed E-state index contributed by atoms with van der Waals surface area (Å²) in [4.78, 5) is 20.7. The molecule has 0 atom stereocenters. The predicted octanol–water partition coefficient (Wildman–Crippen LogP) is 3.39. The Balaban J connectivity index is 1.46. The van der Waals surface area contributed by atoms with Crippen molar-refractivity contribution in [2.24, 2.45) is 0 Å². The van der Waals surface area contributed by atoms with Gasteiger partial charge in [0.25, 0.3) is 0 Å². The van der Waals surface area contributed by atoms with Crippen molar-refractivity contribution in [1.82, 2.24) is 20.2 Å². The number of nitrogens with zero attached hydrogens (tertiary/aromatic N) is 3. The Morgan fingerprint density at radius 3 is 2.88 bits per heavy atom. The number of benzene rings is 2. The molecule has 2 aromatic heterocycles. The van der Waals surface area contributed by atoms with E-state index in [0.29, 0.717) is 5.16 Å². The number of aromatic nitrogens is 4. The molecule has 0 bridgehead atoms. The molecule has 0 saturated heterocycles. The van der Waals surface area contributed by atoms with E-state index in [1.165, 1.54) is 11.8 Å². The van der Waals surface area contributed by atoms with E-state index in [1.54, 1.807) is 11.3 Å². The van der Waals surface area contributed by atoms with Gasteiger partial charge < -0.3 is 11.1 Å². The molecular formula is C17H14N6OS2. The van der Waals surface area contributed by atoms with E-state index in [0.717, 1.165) is 26.5 Å². The molecule has 9 heteroatoms. The fourth-order valence-electron chi connectivity index (χ4n) is 2.38. The maximum Gasteiger partial charge on any atom is 0.234 e. The van der Waals surface area contributed by atoms with Gasteiger partial charge in [0.2, 0.25) is 17.0 Å². The first kappa shape index (κ1) is 16.6. The lowest BCUT2D eigenvalue weighted by Crippen LogP contribution is -2.14. The molecule has 0 unspecified atom stereocenters. The Hall–Kier alpha value is -2.91. The number of aromatic amines is 1. The minimum atomic E-state index is -0.139. The number of fused-ring (bicyclic) bond motifs is 1. The zero-order valence-corrected chi connectivity index (χ0v) is 15.1. The van der Waals surface area contributed by atoms with E-state index in [9.17, 15) is 4.79 Å². The lowest BCUT2D eigenvalue weighted by atomic mass is 10.2. The van der Waals surface area contributed by atoms with Gasteiger partial charge in [0.15, 0.2) is 0 Å². The standard InChI is InChI=1S/C17H14N6OS2/c18-16-21-17(23-22-16)25-9-14(24)19-11-5-3-4-10(8-11)15-20-12-6-1-2-7-13(12)26-15/h1-8H,9H2,(H,19,24)(H3,18,21,22,23). The number of nitrogen functional groups attached to an aromatic ring is 1. The van der Waals surface area contributed by atoms with Gasteiger partial charge in [-0.15, -0.1) is 16.4 Å². The van der Waals surface area contributed by atoms with Crippen LogP contribution >= 0.6 is 23.1 Å². The second-order valence-electron chi connectivity index (χ2n) is 5.41. The van der Waals surface area contributed by atoms with Crippen molar-refractivity contribution in [2.75, 3.05) is 16.8 Å². The molecule has 4 N–H and O–H groups in total. The summed E-state index contributed by atoms with van der Waals surface area (Å²) in [6, 6.07) is 15.7. The van der Waals surface area contributed by atoms with Crippen molar-refractivity contribution >= 4 is 50.9 Å². The summed E-state index contributed by atoms with van der Waals surface area (Å²) in [5, 5.41) is 10.7. The van der Waals surface area contributed by atoms with Crippen LogP contribution in [0.3, 0.4) is 0 Å². The number of nitrogens with one attached hydrogen (secondary N) is 2. The summed E-state index contributed by atoms with van der Waals surface area (Å²) in [6.07, 6.45) is 0. The van der Waals surface area contributed by atoms with Crippen LogP contribution in [0.4, 0.5) is 11.6 Å². The molecule has 0 aliphatic rings. The van der Waals surface area contributed by atoms with Gasteiger partial charge >= 0.3 is 0 Å². The van der Waals surface area contributed by atoms with Crippen LogP contribution in [-0.2, 0) is 4.79 Å². The molecule has 26 heavy (non-hydrogen) atoms. The molecule has 0 spiro atoms. The monoisotopic (exact) mass is 382 g/mol. The SMILES string of the molecule is Nc1nc(SCC(=O)Nc2cccc(-c3nc4ccccc4s3)c2)n[nH]1. The van der Waals surface area contributed by atoms with Crippen LogP contribution in [0.25, 0.3) is 20.8 Å². The zero-order chi connectivity index (χ0) is 17.9. The maximum absolute atomic E-state index is 12.1. The first-order chi connectivity index (χ1) is 12.7. The highest BCUT2D eigenvalue weighted by Crippen LogP contribution is 2.31. The predicted molar refractivity (Wildman–Crippen MR) is 105 cm³/mol. The van der Waals surface area contributed by atoms with Gasteiger partial charge in [-0.05, 0) is 24.3 Å². The average molecular weight is 382 g/mol. The molecule has 0 radical (unpaired) electrons. The lowest BCUT2D eigenvalue weighted by molar-refractivity contribution is -0.113. The molecule has 0 aliphatic carbocycles. The topological polar surface area (TPSA) is 110 Å². The summed E-state index contributed by atoms with van der Waals surface area (Å²) >= 11 is 2.84. The molecule has 1 amide bonds. The van der Waals surface area contributed by atoms with Crippen LogP contribution in [0.1, 0.15) is 0 Å². The molecule has 130 valence electrons. The number of carbonyl (C=O) groups is 1. The van der Waals surface area contributed by atoms with Gasteiger partial charge in [0.05, 0.1) is 16.0 Å². The Kier molecular flexibility index (Phi) is 4.55.